The first-order valence-electron chi connectivity index (χ1n) is 8.65. The zero-order valence-electron chi connectivity index (χ0n) is 15.7. The summed E-state index contributed by atoms with van der Waals surface area (Å²) in [6.45, 7) is 2.94. The average Bonchev–Trinajstić information content (AvgIpc) is 2.67. The lowest BCUT2D eigenvalue weighted by Crippen LogP contribution is -2.16. The van der Waals surface area contributed by atoms with E-state index >= 15 is 0 Å². The third kappa shape index (κ3) is 7.14. The number of oxime groups is 1. The van der Waals surface area contributed by atoms with Gasteiger partial charge in [-0.15, -0.1) is 0 Å². The lowest BCUT2D eigenvalue weighted by molar-refractivity contribution is -0.145. The highest BCUT2D eigenvalue weighted by Gasteiger charge is 2.32. The SMILES string of the molecule is CCC(C)OP(=O)(O)C(=NOC(=O)COc1ccc(Cl)cc1Cl)c1ccccc1. The van der Waals surface area contributed by atoms with Crippen molar-refractivity contribution in [3.05, 3.63) is 64.1 Å². The summed E-state index contributed by atoms with van der Waals surface area (Å²) < 4.78 is 23.2. The third-order valence-corrected chi connectivity index (χ3v) is 5.72. The minimum atomic E-state index is -4.35. The van der Waals surface area contributed by atoms with Crippen LogP contribution in [0.5, 0.6) is 5.75 Å². The predicted molar refractivity (Wildman–Crippen MR) is 112 cm³/mol. The molecule has 10 heteroatoms. The maximum absolute atomic E-state index is 12.7. The molecule has 2 aromatic carbocycles. The van der Waals surface area contributed by atoms with Crippen LogP contribution in [-0.4, -0.2) is 29.0 Å². The molecule has 0 aliphatic carbocycles. The molecule has 0 amide bonds. The van der Waals surface area contributed by atoms with Crippen LogP contribution in [0.4, 0.5) is 0 Å². The van der Waals surface area contributed by atoms with Gasteiger partial charge in [-0.25, -0.2) is 4.79 Å². The van der Waals surface area contributed by atoms with Gasteiger partial charge in [0.2, 0.25) is 0 Å². The summed E-state index contributed by atoms with van der Waals surface area (Å²) >= 11 is 11.8. The fraction of sp³-hybridized carbons (Fsp3) is 0.263. The Bertz CT molecular complexity index is 922. The van der Waals surface area contributed by atoms with E-state index in [2.05, 4.69) is 5.16 Å². The number of hydrogen-bond acceptors (Lipinski definition) is 6. The molecule has 0 radical (unpaired) electrons. The van der Waals surface area contributed by atoms with E-state index in [4.69, 9.17) is 37.3 Å². The van der Waals surface area contributed by atoms with Crippen LogP contribution in [0.3, 0.4) is 0 Å². The molecular formula is C19H20Cl2NO6P. The summed E-state index contributed by atoms with van der Waals surface area (Å²) in [4.78, 5) is 27.2. The Balaban J connectivity index is 2.14. The van der Waals surface area contributed by atoms with E-state index in [1.54, 1.807) is 43.3 Å². The molecule has 0 heterocycles. The van der Waals surface area contributed by atoms with Crippen molar-refractivity contribution >= 4 is 42.2 Å². The number of benzene rings is 2. The van der Waals surface area contributed by atoms with Gasteiger partial charge in [-0.05, 0) is 31.5 Å². The molecule has 0 aliphatic rings. The van der Waals surface area contributed by atoms with Crippen molar-refractivity contribution in [1.82, 2.24) is 0 Å². The predicted octanol–water partition coefficient (Wildman–Crippen LogP) is 5.28. The van der Waals surface area contributed by atoms with Crippen molar-refractivity contribution in [2.24, 2.45) is 5.16 Å². The molecule has 0 bridgehead atoms. The lowest BCUT2D eigenvalue weighted by atomic mass is 10.2. The summed E-state index contributed by atoms with van der Waals surface area (Å²) in [6.07, 6.45) is 0.0214. The molecule has 0 saturated carbocycles. The fourth-order valence-electron chi connectivity index (χ4n) is 2.07. The van der Waals surface area contributed by atoms with Crippen LogP contribution in [0.2, 0.25) is 10.0 Å². The van der Waals surface area contributed by atoms with Crippen molar-refractivity contribution in [2.45, 2.75) is 26.4 Å². The molecule has 0 spiro atoms. The molecule has 2 rings (SSSR count). The number of ether oxygens (including phenoxy) is 1. The van der Waals surface area contributed by atoms with Crippen molar-refractivity contribution in [3.8, 4) is 5.75 Å². The van der Waals surface area contributed by atoms with Gasteiger partial charge >= 0.3 is 13.6 Å². The summed E-state index contributed by atoms with van der Waals surface area (Å²) in [6, 6.07) is 12.7. The normalized spacial score (nSPS) is 14.7. The third-order valence-electron chi connectivity index (χ3n) is 3.67. The van der Waals surface area contributed by atoms with E-state index in [1.807, 2.05) is 6.92 Å². The van der Waals surface area contributed by atoms with Crippen LogP contribution in [0.25, 0.3) is 0 Å². The summed E-state index contributed by atoms with van der Waals surface area (Å²) in [7, 11) is -4.35. The van der Waals surface area contributed by atoms with Crippen LogP contribution >= 0.6 is 30.8 Å². The minimum absolute atomic E-state index is 0.223. The zero-order valence-corrected chi connectivity index (χ0v) is 18.2. The van der Waals surface area contributed by atoms with Gasteiger partial charge in [0.05, 0.1) is 11.1 Å². The van der Waals surface area contributed by atoms with E-state index in [0.29, 0.717) is 11.4 Å². The summed E-state index contributed by atoms with van der Waals surface area (Å²) in [5.41, 5.74) is -0.0904. The standard InChI is InChI=1S/C19H20Cl2NO6P/c1-3-13(2)28-29(24,25)19(14-7-5-4-6-8-14)22-27-18(23)12-26-17-10-9-15(20)11-16(17)21/h4-11,13H,3,12H2,1-2H3,(H,24,25). The highest BCUT2D eigenvalue weighted by molar-refractivity contribution is 7.72. The second-order valence-corrected chi connectivity index (χ2v) is 8.47. The number of halogens is 2. The largest absolute Gasteiger partial charge is 0.480 e. The highest BCUT2D eigenvalue weighted by Crippen LogP contribution is 2.47. The number of hydrogen-bond donors (Lipinski definition) is 1. The van der Waals surface area contributed by atoms with E-state index in [1.165, 1.54) is 12.1 Å². The van der Waals surface area contributed by atoms with Gasteiger partial charge in [-0.2, -0.15) is 0 Å². The average molecular weight is 460 g/mol. The monoisotopic (exact) mass is 459 g/mol. The van der Waals surface area contributed by atoms with Gasteiger partial charge in [0, 0.05) is 10.6 Å². The first kappa shape index (κ1) is 23.4. The van der Waals surface area contributed by atoms with Gasteiger partial charge < -0.3 is 19.0 Å². The molecule has 2 aromatic rings. The topological polar surface area (TPSA) is 94.4 Å². The molecule has 2 atom stereocenters. The lowest BCUT2D eigenvalue weighted by Gasteiger charge is -2.18. The molecular weight excluding hydrogens is 440 g/mol. The minimum Gasteiger partial charge on any atom is -0.480 e. The van der Waals surface area contributed by atoms with Gasteiger partial charge in [0.1, 0.15) is 5.75 Å². The van der Waals surface area contributed by atoms with Crippen molar-refractivity contribution in [1.29, 1.82) is 0 Å². The number of nitrogens with zero attached hydrogens (tertiary/aromatic N) is 1. The smallest absolute Gasteiger partial charge is 0.381 e. The van der Waals surface area contributed by atoms with Gasteiger partial charge in [-0.1, -0.05) is 65.6 Å². The Morgan fingerprint density at radius 2 is 1.90 bits per heavy atom. The van der Waals surface area contributed by atoms with Crippen LogP contribution in [0.1, 0.15) is 25.8 Å². The van der Waals surface area contributed by atoms with Crippen molar-refractivity contribution in [2.75, 3.05) is 6.61 Å². The van der Waals surface area contributed by atoms with E-state index in [-0.39, 0.29) is 21.8 Å². The van der Waals surface area contributed by atoms with Gasteiger partial charge in [-0.3, -0.25) is 4.57 Å². The molecule has 156 valence electrons. The summed E-state index contributed by atoms with van der Waals surface area (Å²) in [5, 5.41) is 4.24. The first-order valence-corrected chi connectivity index (χ1v) is 11.0. The van der Waals surface area contributed by atoms with Gasteiger partial charge in [0.15, 0.2) is 12.1 Å². The fourth-order valence-corrected chi connectivity index (χ4v) is 3.89. The second-order valence-electron chi connectivity index (χ2n) is 5.95. The quantitative estimate of drug-likeness (QED) is 0.237. The van der Waals surface area contributed by atoms with E-state index < -0.39 is 26.3 Å². The Morgan fingerprint density at radius 1 is 1.21 bits per heavy atom. The van der Waals surface area contributed by atoms with Crippen LogP contribution in [0.15, 0.2) is 53.7 Å². The van der Waals surface area contributed by atoms with Crippen molar-refractivity contribution < 1.29 is 28.4 Å². The van der Waals surface area contributed by atoms with Gasteiger partial charge in [0.25, 0.3) is 0 Å². The molecule has 0 aromatic heterocycles. The number of carbonyl (C=O) groups is 1. The van der Waals surface area contributed by atoms with Crippen LogP contribution in [0, 0.1) is 0 Å². The Hall–Kier alpha value is -1.89. The van der Waals surface area contributed by atoms with Crippen LogP contribution < -0.4 is 4.74 Å². The number of carbonyl (C=O) groups excluding carboxylic acids is 1. The highest BCUT2D eigenvalue weighted by atomic mass is 35.5. The number of rotatable bonds is 9. The Labute approximate surface area is 178 Å². The zero-order chi connectivity index (χ0) is 21.4. The maximum Gasteiger partial charge on any atom is 0.381 e. The maximum atomic E-state index is 12.7. The molecule has 2 unspecified atom stereocenters. The van der Waals surface area contributed by atoms with Crippen LogP contribution in [-0.2, 0) is 18.7 Å². The first-order chi connectivity index (χ1) is 13.7. The molecule has 1 N–H and O–H groups in total. The Morgan fingerprint density at radius 3 is 2.52 bits per heavy atom. The van der Waals surface area contributed by atoms with E-state index in [0.717, 1.165) is 0 Å². The molecule has 29 heavy (non-hydrogen) atoms. The molecule has 0 saturated heterocycles. The van der Waals surface area contributed by atoms with Crippen molar-refractivity contribution in [3.63, 3.8) is 0 Å². The molecule has 0 aliphatic heterocycles. The van der Waals surface area contributed by atoms with E-state index in [9.17, 15) is 14.3 Å². The molecule has 7 nitrogen and oxygen atoms in total. The Kier molecular flexibility index (Phi) is 8.68. The molecule has 0 fully saturated rings. The summed E-state index contributed by atoms with van der Waals surface area (Å²) in [5.74, 6) is -0.666. The second kappa shape index (κ2) is 10.8.